The fourth-order valence-corrected chi connectivity index (χ4v) is 6.67. The van der Waals surface area contributed by atoms with Gasteiger partial charge in [0, 0.05) is 6.04 Å². The fraction of sp³-hybridized carbons (Fsp3) is 0.538. The van der Waals surface area contributed by atoms with Crippen LogP contribution in [0.1, 0.15) is 45.8 Å². The van der Waals surface area contributed by atoms with Gasteiger partial charge in [-0.25, -0.2) is 13.9 Å². The van der Waals surface area contributed by atoms with Gasteiger partial charge in [-0.15, -0.1) is 0 Å². The van der Waals surface area contributed by atoms with Crippen molar-refractivity contribution in [1.82, 2.24) is 24.6 Å². The lowest BCUT2D eigenvalue weighted by atomic mass is 9.98. The van der Waals surface area contributed by atoms with Crippen molar-refractivity contribution in [2.24, 2.45) is 0 Å². The largest absolute Gasteiger partial charge is 0.468 e. The van der Waals surface area contributed by atoms with E-state index in [1.165, 1.54) is 31.9 Å². The van der Waals surface area contributed by atoms with Crippen LogP contribution in [0.3, 0.4) is 0 Å². The van der Waals surface area contributed by atoms with Gasteiger partial charge in [0.25, 0.3) is 0 Å². The molecular weight excluding hydrogens is 572 g/mol. The van der Waals surface area contributed by atoms with E-state index in [0.29, 0.717) is 11.3 Å². The first-order valence-electron chi connectivity index (χ1n) is 13.6. The molecule has 0 radical (unpaired) electrons. The van der Waals surface area contributed by atoms with Crippen molar-refractivity contribution in [3.05, 3.63) is 36.7 Å². The van der Waals surface area contributed by atoms with E-state index in [2.05, 4.69) is 25.4 Å². The SMILES string of the molecule is COC(=O)[C@H](C)NP(=O)(OC[C@H]1O[C@@H](n2cnc3c(NC4CCCC4)nc(N)nc32)C(C)(F)[C@@H]1O)Oc1ccccc1. The van der Waals surface area contributed by atoms with Crippen LogP contribution in [0.5, 0.6) is 5.75 Å². The van der Waals surface area contributed by atoms with E-state index in [9.17, 15) is 14.5 Å². The van der Waals surface area contributed by atoms with Gasteiger partial charge in [-0.3, -0.25) is 13.9 Å². The maximum Gasteiger partial charge on any atom is 0.459 e. The second-order valence-corrected chi connectivity index (χ2v) is 12.3. The Morgan fingerprint density at radius 3 is 2.71 bits per heavy atom. The number of aliphatic hydroxyl groups excluding tert-OH is 1. The average Bonchev–Trinajstić information content (AvgIpc) is 3.67. The zero-order valence-electron chi connectivity index (χ0n) is 23.5. The van der Waals surface area contributed by atoms with Gasteiger partial charge in [-0.05, 0) is 38.8 Å². The summed E-state index contributed by atoms with van der Waals surface area (Å²) in [5.74, 6) is -0.116. The normalized spacial score (nSPS) is 26.6. The summed E-state index contributed by atoms with van der Waals surface area (Å²) in [6.45, 7) is 2.04. The van der Waals surface area contributed by atoms with Crippen molar-refractivity contribution < 1.29 is 37.4 Å². The number of carbonyl (C=O) groups is 1. The molecular formula is C26H35FN7O7P. The van der Waals surface area contributed by atoms with Gasteiger partial charge < -0.3 is 30.2 Å². The Balaban J connectivity index is 1.37. The van der Waals surface area contributed by atoms with Gasteiger partial charge in [-0.1, -0.05) is 31.0 Å². The Bertz CT molecular complexity index is 1450. The minimum absolute atomic E-state index is 0.0338. The number of benzene rings is 1. The Labute approximate surface area is 241 Å². The number of rotatable bonds is 11. The lowest BCUT2D eigenvalue weighted by Crippen LogP contribution is -2.41. The van der Waals surface area contributed by atoms with E-state index in [1.807, 2.05) is 0 Å². The van der Waals surface area contributed by atoms with Crippen LogP contribution in [-0.4, -0.2) is 74.3 Å². The Hall–Kier alpha value is -3.36. The predicted octanol–water partition coefficient (Wildman–Crippen LogP) is 3.10. The number of alkyl halides is 1. The number of imidazole rings is 1. The lowest BCUT2D eigenvalue weighted by molar-refractivity contribution is -0.142. The molecule has 2 unspecified atom stereocenters. The number of nitrogen functional groups attached to an aromatic ring is 1. The van der Waals surface area contributed by atoms with Crippen molar-refractivity contribution in [3.63, 3.8) is 0 Å². The highest BCUT2D eigenvalue weighted by Crippen LogP contribution is 2.48. The second-order valence-electron chi connectivity index (χ2n) is 10.6. The van der Waals surface area contributed by atoms with E-state index < -0.39 is 50.5 Å². The molecule has 0 amide bonds. The molecule has 1 aromatic carbocycles. The maximum atomic E-state index is 16.1. The van der Waals surface area contributed by atoms with Crippen LogP contribution in [-0.2, 0) is 23.4 Å². The predicted molar refractivity (Wildman–Crippen MR) is 150 cm³/mol. The molecule has 42 heavy (non-hydrogen) atoms. The number of hydrogen-bond donors (Lipinski definition) is 4. The van der Waals surface area contributed by atoms with Gasteiger partial charge in [0.15, 0.2) is 28.9 Å². The third kappa shape index (κ3) is 6.20. The highest BCUT2D eigenvalue weighted by Gasteiger charge is 2.56. The number of fused-ring (bicyclic) bond motifs is 1. The summed E-state index contributed by atoms with van der Waals surface area (Å²) in [5.41, 5.74) is 4.24. The first kappa shape index (κ1) is 30.1. The van der Waals surface area contributed by atoms with Crippen LogP contribution in [0.15, 0.2) is 36.7 Å². The molecule has 2 fully saturated rings. The summed E-state index contributed by atoms with van der Waals surface area (Å²) >= 11 is 0. The molecule has 1 aliphatic heterocycles. The van der Waals surface area contributed by atoms with E-state index in [1.54, 1.807) is 30.3 Å². The molecule has 228 valence electrons. The van der Waals surface area contributed by atoms with Crippen LogP contribution < -0.4 is 20.7 Å². The van der Waals surface area contributed by atoms with Gasteiger partial charge in [0.2, 0.25) is 5.95 Å². The highest BCUT2D eigenvalue weighted by molar-refractivity contribution is 7.52. The van der Waals surface area contributed by atoms with E-state index in [0.717, 1.165) is 25.7 Å². The van der Waals surface area contributed by atoms with Crippen LogP contribution in [0, 0.1) is 0 Å². The molecule has 0 spiro atoms. The number of nitrogens with zero attached hydrogens (tertiary/aromatic N) is 4. The quantitative estimate of drug-likeness (QED) is 0.184. The van der Waals surface area contributed by atoms with Gasteiger partial charge >= 0.3 is 13.7 Å². The summed E-state index contributed by atoms with van der Waals surface area (Å²) < 4.78 is 53.0. The molecule has 6 atom stereocenters. The smallest absolute Gasteiger partial charge is 0.459 e. The molecule has 2 aromatic heterocycles. The summed E-state index contributed by atoms with van der Waals surface area (Å²) in [4.78, 5) is 25.0. The van der Waals surface area contributed by atoms with Crippen molar-refractivity contribution in [3.8, 4) is 5.75 Å². The number of anilines is 2. The lowest BCUT2D eigenvalue weighted by Gasteiger charge is -2.25. The first-order chi connectivity index (χ1) is 20.0. The molecule has 1 saturated heterocycles. The molecule has 0 bridgehead atoms. The molecule has 2 aliphatic rings. The maximum absolute atomic E-state index is 16.1. The third-order valence-electron chi connectivity index (χ3n) is 7.39. The van der Waals surface area contributed by atoms with Crippen LogP contribution in [0.4, 0.5) is 16.2 Å². The highest BCUT2D eigenvalue weighted by atomic mass is 31.2. The zero-order valence-corrected chi connectivity index (χ0v) is 24.4. The van der Waals surface area contributed by atoms with Crippen molar-refractivity contribution in [2.45, 2.75) is 75.7 Å². The summed E-state index contributed by atoms with van der Waals surface area (Å²) in [6, 6.07) is 7.29. The van der Waals surface area contributed by atoms with E-state index in [-0.39, 0.29) is 23.4 Å². The molecule has 1 saturated carbocycles. The summed E-state index contributed by atoms with van der Waals surface area (Å²) in [5, 5.41) is 16.8. The minimum Gasteiger partial charge on any atom is -0.468 e. The number of esters is 1. The van der Waals surface area contributed by atoms with Crippen LogP contribution in [0.2, 0.25) is 0 Å². The van der Waals surface area contributed by atoms with Crippen molar-refractivity contribution in [2.75, 3.05) is 24.8 Å². The number of methoxy groups -OCH3 is 1. The Kier molecular flexibility index (Phi) is 8.67. The van der Waals surface area contributed by atoms with E-state index >= 15 is 4.39 Å². The average molecular weight is 608 g/mol. The van der Waals surface area contributed by atoms with Crippen LogP contribution in [0.25, 0.3) is 11.2 Å². The molecule has 14 nitrogen and oxygen atoms in total. The number of aliphatic hydroxyl groups is 1. The Morgan fingerprint density at radius 2 is 2.02 bits per heavy atom. The van der Waals surface area contributed by atoms with Gasteiger partial charge in [-0.2, -0.15) is 15.1 Å². The Morgan fingerprint density at radius 1 is 1.31 bits per heavy atom. The zero-order chi connectivity index (χ0) is 30.1. The fourth-order valence-electron chi connectivity index (χ4n) is 5.17. The molecule has 3 aromatic rings. The number of halogens is 1. The third-order valence-corrected chi connectivity index (χ3v) is 9.03. The van der Waals surface area contributed by atoms with Crippen molar-refractivity contribution >= 4 is 36.6 Å². The number of para-hydroxylation sites is 1. The number of nitrogens with two attached hydrogens (primary N) is 1. The molecule has 5 N–H and O–H groups in total. The number of nitrogens with one attached hydrogen (secondary N) is 2. The molecule has 5 rings (SSSR count). The second kappa shape index (κ2) is 12.1. The topological polar surface area (TPSA) is 185 Å². The first-order valence-corrected chi connectivity index (χ1v) is 15.2. The molecule has 1 aliphatic carbocycles. The minimum atomic E-state index is -4.26. The number of ether oxygens (including phenoxy) is 2. The summed E-state index contributed by atoms with van der Waals surface area (Å²) in [7, 11) is -3.08. The van der Waals surface area contributed by atoms with Gasteiger partial charge in [0.05, 0.1) is 20.0 Å². The van der Waals surface area contributed by atoms with Gasteiger partial charge in [0.1, 0.15) is 24.0 Å². The summed E-state index contributed by atoms with van der Waals surface area (Å²) in [6.07, 6.45) is 1.13. The van der Waals surface area contributed by atoms with Crippen molar-refractivity contribution in [1.29, 1.82) is 0 Å². The number of hydrogen-bond acceptors (Lipinski definition) is 12. The molecule has 16 heteroatoms. The standard InChI is InChI=1S/C26H35FN7O7P/c1-15(23(36)38-3)33-42(37,41-17-11-5-4-6-12-17)39-13-18-20(35)26(2,27)24(40-18)34-14-29-19-21(30-16-9-7-8-10-16)31-25(28)32-22(19)34/h4-6,11-12,14-16,18,20,24,35H,7-10,13H2,1-3H3,(H,33,37)(H3,28,30,31,32)/t15-,18+,20+,24+,26?,42?/m0/s1. The van der Waals surface area contributed by atoms with E-state index in [4.69, 9.17) is 24.3 Å². The molecule has 3 heterocycles. The monoisotopic (exact) mass is 607 g/mol. The number of carbonyl (C=O) groups excluding carboxylic acids is 1. The number of aromatic nitrogens is 4. The van der Waals surface area contributed by atoms with Crippen LogP contribution >= 0.6 is 7.75 Å².